The molecule has 1 aromatic carbocycles. The lowest BCUT2D eigenvalue weighted by Crippen LogP contribution is -2.38. The number of aromatic nitrogens is 3. The van der Waals surface area contributed by atoms with E-state index >= 15 is 0 Å². The van der Waals surface area contributed by atoms with Crippen molar-refractivity contribution in [1.29, 1.82) is 0 Å². The van der Waals surface area contributed by atoms with Gasteiger partial charge in [-0.05, 0) is 31.2 Å². The van der Waals surface area contributed by atoms with Crippen LogP contribution in [0.2, 0.25) is 5.02 Å². The van der Waals surface area contributed by atoms with Crippen molar-refractivity contribution < 1.29 is 9.59 Å². The van der Waals surface area contributed by atoms with E-state index < -0.39 is 0 Å². The first-order chi connectivity index (χ1) is 10.1. The molecule has 0 bridgehead atoms. The van der Waals surface area contributed by atoms with Crippen molar-refractivity contribution in [1.82, 2.24) is 25.8 Å². The molecule has 1 heterocycles. The monoisotopic (exact) mass is 307 g/mol. The van der Waals surface area contributed by atoms with E-state index in [9.17, 15) is 9.59 Å². The number of aromatic amines is 1. The summed E-state index contributed by atoms with van der Waals surface area (Å²) in [4.78, 5) is 27.5. The van der Waals surface area contributed by atoms with Crippen LogP contribution >= 0.6 is 11.6 Å². The summed E-state index contributed by atoms with van der Waals surface area (Å²) in [5.74, 6) is -0.109. The van der Waals surface area contributed by atoms with Crippen LogP contribution in [0.15, 0.2) is 30.6 Å². The number of nitrogens with one attached hydrogen (secondary N) is 3. The number of rotatable bonds is 5. The van der Waals surface area contributed by atoms with E-state index in [1.165, 1.54) is 6.33 Å². The van der Waals surface area contributed by atoms with E-state index in [0.29, 0.717) is 16.4 Å². The number of hydrogen-bond acceptors (Lipinski definition) is 4. The standard InChI is InChI=1S/C13H14ClN5O2/c1-8(12-16-7-17-19-12)18-11(20)6-15-13(21)9-2-4-10(14)5-3-9/h2-5,7-8H,6H2,1H3,(H,15,21)(H,18,20)(H,16,17,19). The van der Waals surface area contributed by atoms with Gasteiger partial charge < -0.3 is 10.6 Å². The first-order valence-corrected chi connectivity index (χ1v) is 6.62. The van der Waals surface area contributed by atoms with Crippen molar-refractivity contribution in [3.63, 3.8) is 0 Å². The lowest BCUT2D eigenvalue weighted by atomic mass is 10.2. The summed E-state index contributed by atoms with van der Waals surface area (Å²) < 4.78 is 0. The Kier molecular flexibility index (Phi) is 4.89. The third-order valence-corrected chi connectivity index (χ3v) is 2.99. The summed E-state index contributed by atoms with van der Waals surface area (Å²) in [6.45, 7) is 1.64. The molecule has 1 aromatic heterocycles. The highest BCUT2D eigenvalue weighted by molar-refractivity contribution is 6.30. The maximum atomic E-state index is 11.8. The molecule has 7 nitrogen and oxygen atoms in total. The SMILES string of the molecule is CC(NC(=O)CNC(=O)c1ccc(Cl)cc1)c1ncn[nH]1. The number of hydrogen-bond donors (Lipinski definition) is 3. The van der Waals surface area contributed by atoms with Crippen LogP contribution in [0.5, 0.6) is 0 Å². The molecule has 0 fully saturated rings. The van der Waals surface area contributed by atoms with E-state index in [1.54, 1.807) is 31.2 Å². The zero-order valence-electron chi connectivity index (χ0n) is 11.3. The van der Waals surface area contributed by atoms with Crippen molar-refractivity contribution in [2.45, 2.75) is 13.0 Å². The third-order valence-electron chi connectivity index (χ3n) is 2.74. The molecule has 0 aliphatic rings. The molecule has 2 rings (SSSR count). The molecule has 0 radical (unpaired) electrons. The maximum absolute atomic E-state index is 11.8. The quantitative estimate of drug-likeness (QED) is 0.769. The predicted molar refractivity (Wildman–Crippen MR) is 76.7 cm³/mol. The van der Waals surface area contributed by atoms with Gasteiger partial charge in [-0.2, -0.15) is 5.10 Å². The third kappa shape index (κ3) is 4.28. The molecule has 0 aliphatic carbocycles. The van der Waals surface area contributed by atoms with E-state index in [4.69, 9.17) is 11.6 Å². The fourth-order valence-electron chi connectivity index (χ4n) is 1.65. The van der Waals surface area contributed by atoms with Gasteiger partial charge in [-0.25, -0.2) is 4.98 Å². The highest BCUT2D eigenvalue weighted by Crippen LogP contribution is 2.09. The van der Waals surface area contributed by atoms with Gasteiger partial charge in [0.2, 0.25) is 5.91 Å². The Balaban J connectivity index is 1.81. The second-order valence-corrected chi connectivity index (χ2v) is 4.79. The molecule has 8 heteroatoms. The van der Waals surface area contributed by atoms with Crippen LogP contribution in [0.3, 0.4) is 0 Å². The lowest BCUT2D eigenvalue weighted by Gasteiger charge is -2.11. The topological polar surface area (TPSA) is 99.8 Å². The second kappa shape index (κ2) is 6.85. The molecule has 0 aliphatic heterocycles. The average molecular weight is 308 g/mol. The molecule has 1 atom stereocenters. The van der Waals surface area contributed by atoms with Crippen molar-refractivity contribution in [2.24, 2.45) is 0 Å². The van der Waals surface area contributed by atoms with Crippen LogP contribution in [-0.2, 0) is 4.79 Å². The summed E-state index contributed by atoms with van der Waals surface area (Å²) in [5, 5.41) is 12.1. The fourth-order valence-corrected chi connectivity index (χ4v) is 1.77. The van der Waals surface area contributed by atoms with Crippen LogP contribution in [0.25, 0.3) is 0 Å². The minimum absolute atomic E-state index is 0.125. The summed E-state index contributed by atoms with van der Waals surface area (Å²) in [6, 6.07) is 6.09. The molecule has 110 valence electrons. The van der Waals surface area contributed by atoms with Gasteiger partial charge in [0, 0.05) is 10.6 Å². The minimum atomic E-state index is -0.339. The Morgan fingerprint density at radius 3 is 2.67 bits per heavy atom. The second-order valence-electron chi connectivity index (χ2n) is 4.35. The smallest absolute Gasteiger partial charge is 0.251 e. The van der Waals surface area contributed by atoms with Gasteiger partial charge >= 0.3 is 0 Å². The Morgan fingerprint density at radius 1 is 1.33 bits per heavy atom. The zero-order valence-corrected chi connectivity index (χ0v) is 12.0. The van der Waals surface area contributed by atoms with E-state index in [-0.39, 0.29) is 24.4 Å². The lowest BCUT2D eigenvalue weighted by molar-refractivity contribution is -0.120. The Morgan fingerprint density at radius 2 is 2.05 bits per heavy atom. The summed E-state index contributed by atoms with van der Waals surface area (Å²) >= 11 is 5.74. The predicted octanol–water partition coefficient (Wildman–Crippen LogP) is 1.07. The van der Waals surface area contributed by atoms with Crippen molar-refractivity contribution >= 4 is 23.4 Å². The van der Waals surface area contributed by atoms with Gasteiger partial charge in [-0.1, -0.05) is 11.6 Å². The number of H-pyrrole nitrogens is 1. The van der Waals surface area contributed by atoms with Gasteiger partial charge in [0.25, 0.3) is 5.91 Å². The Labute approximate surface area is 126 Å². The van der Waals surface area contributed by atoms with Gasteiger partial charge in [-0.15, -0.1) is 0 Å². The summed E-state index contributed by atoms with van der Waals surface area (Å²) in [6.07, 6.45) is 1.36. The molecule has 2 aromatic rings. The molecule has 2 amide bonds. The normalized spacial score (nSPS) is 11.7. The van der Waals surface area contributed by atoms with Crippen LogP contribution in [-0.4, -0.2) is 33.5 Å². The molecule has 0 saturated carbocycles. The fraction of sp³-hybridized carbons (Fsp3) is 0.231. The maximum Gasteiger partial charge on any atom is 0.251 e. The molecular formula is C13H14ClN5O2. The van der Waals surface area contributed by atoms with Gasteiger partial charge in [0.1, 0.15) is 12.2 Å². The Bertz CT molecular complexity index is 612. The van der Waals surface area contributed by atoms with Gasteiger partial charge in [0.15, 0.2) is 0 Å². The first-order valence-electron chi connectivity index (χ1n) is 6.24. The molecule has 3 N–H and O–H groups in total. The van der Waals surface area contributed by atoms with Crippen LogP contribution in [0, 0.1) is 0 Å². The number of benzene rings is 1. The van der Waals surface area contributed by atoms with Crippen LogP contribution in [0.1, 0.15) is 29.1 Å². The number of halogens is 1. The Hall–Kier alpha value is -2.41. The molecule has 0 saturated heterocycles. The minimum Gasteiger partial charge on any atom is -0.345 e. The zero-order chi connectivity index (χ0) is 15.2. The van der Waals surface area contributed by atoms with Crippen molar-refractivity contribution in [3.8, 4) is 0 Å². The number of carbonyl (C=O) groups excluding carboxylic acids is 2. The summed E-state index contributed by atoms with van der Waals surface area (Å²) in [7, 11) is 0. The van der Waals surface area contributed by atoms with E-state index in [0.717, 1.165) is 0 Å². The number of amides is 2. The molecule has 0 spiro atoms. The highest BCUT2D eigenvalue weighted by Gasteiger charge is 2.13. The van der Waals surface area contributed by atoms with Crippen molar-refractivity contribution in [2.75, 3.05) is 6.54 Å². The van der Waals surface area contributed by atoms with Gasteiger partial charge in [0.05, 0.1) is 12.6 Å². The van der Waals surface area contributed by atoms with Crippen LogP contribution in [0.4, 0.5) is 0 Å². The summed E-state index contributed by atoms with van der Waals surface area (Å²) in [5.41, 5.74) is 0.440. The number of carbonyl (C=O) groups is 2. The van der Waals surface area contributed by atoms with Crippen molar-refractivity contribution in [3.05, 3.63) is 47.0 Å². The largest absolute Gasteiger partial charge is 0.345 e. The first kappa shape index (κ1) is 15.0. The molecular weight excluding hydrogens is 294 g/mol. The van der Waals surface area contributed by atoms with Crippen LogP contribution < -0.4 is 10.6 Å². The molecule has 21 heavy (non-hydrogen) atoms. The average Bonchev–Trinajstić information content (AvgIpc) is 3.00. The highest BCUT2D eigenvalue weighted by atomic mass is 35.5. The van der Waals surface area contributed by atoms with E-state index in [2.05, 4.69) is 25.8 Å². The number of nitrogens with zero attached hydrogens (tertiary/aromatic N) is 2. The molecule has 1 unspecified atom stereocenters. The van der Waals surface area contributed by atoms with Gasteiger partial charge in [-0.3, -0.25) is 14.7 Å². The van der Waals surface area contributed by atoms with E-state index in [1.807, 2.05) is 0 Å².